The van der Waals surface area contributed by atoms with Gasteiger partial charge in [-0.3, -0.25) is 0 Å². The van der Waals surface area contributed by atoms with Crippen LogP contribution in [0.15, 0.2) is 18.3 Å². The van der Waals surface area contributed by atoms with E-state index in [0.29, 0.717) is 12.0 Å². The molecule has 19 heavy (non-hydrogen) atoms. The van der Waals surface area contributed by atoms with Gasteiger partial charge in [-0.15, -0.1) is 0 Å². The third-order valence-corrected chi connectivity index (χ3v) is 4.29. The van der Waals surface area contributed by atoms with Gasteiger partial charge in [-0.1, -0.05) is 0 Å². The first-order chi connectivity index (χ1) is 9.36. The Kier molecular flexibility index (Phi) is 3.87. The second kappa shape index (κ2) is 5.78. The molecule has 3 rings (SSSR count). The van der Waals surface area contributed by atoms with Gasteiger partial charge in [0.05, 0.1) is 7.11 Å². The highest BCUT2D eigenvalue weighted by atomic mass is 16.5. The van der Waals surface area contributed by atoms with Crippen molar-refractivity contribution in [3.8, 4) is 11.6 Å². The molecule has 104 valence electrons. The predicted octanol–water partition coefficient (Wildman–Crippen LogP) is 2.49. The maximum atomic E-state index is 6.00. The lowest BCUT2D eigenvalue weighted by Gasteiger charge is -2.41. The lowest BCUT2D eigenvalue weighted by atomic mass is 9.90. The molecule has 1 aliphatic carbocycles. The highest BCUT2D eigenvalue weighted by molar-refractivity contribution is 5.32. The zero-order valence-electron chi connectivity index (χ0n) is 11.5. The fourth-order valence-electron chi connectivity index (χ4n) is 3.01. The van der Waals surface area contributed by atoms with Gasteiger partial charge in [0.1, 0.15) is 6.10 Å². The van der Waals surface area contributed by atoms with Crippen LogP contribution < -0.4 is 9.47 Å². The van der Waals surface area contributed by atoms with E-state index in [2.05, 4.69) is 9.88 Å². The second-order valence-corrected chi connectivity index (χ2v) is 5.45. The van der Waals surface area contributed by atoms with Gasteiger partial charge < -0.3 is 14.4 Å². The van der Waals surface area contributed by atoms with Gasteiger partial charge in [0.2, 0.25) is 0 Å². The molecule has 1 saturated heterocycles. The first-order valence-electron chi connectivity index (χ1n) is 7.26. The Hall–Kier alpha value is -1.29. The van der Waals surface area contributed by atoms with Crippen molar-refractivity contribution in [3.63, 3.8) is 0 Å². The van der Waals surface area contributed by atoms with Gasteiger partial charge in [-0.25, -0.2) is 4.98 Å². The summed E-state index contributed by atoms with van der Waals surface area (Å²) in [5, 5.41) is 0. The molecule has 0 radical (unpaired) electrons. The topological polar surface area (TPSA) is 34.6 Å². The molecule has 2 aliphatic rings. The summed E-state index contributed by atoms with van der Waals surface area (Å²) in [5.41, 5.74) is 0. The van der Waals surface area contributed by atoms with Gasteiger partial charge >= 0.3 is 0 Å². The largest absolute Gasteiger partial charge is 0.491 e. The highest BCUT2D eigenvalue weighted by Gasteiger charge is 2.29. The lowest BCUT2D eigenvalue weighted by Crippen LogP contribution is -2.47. The maximum absolute atomic E-state index is 6.00. The van der Waals surface area contributed by atoms with Gasteiger partial charge in [-0.05, 0) is 57.3 Å². The molecular formula is C15H22N2O2. The molecule has 1 saturated carbocycles. The number of hydrogen-bond donors (Lipinski definition) is 0. The van der Waals surface area contributed by atoms with Crippen molar-refractivity contribution >= 4 is 0 Å². The number of hydrogen-bond acceptors (Lipinski definition) is 4. The Bertz CT molecular complexity index is 412. The first-order valence-corrected chi connectivity index (χ1v) is 7.26. The summed E-state index contributed by atoms with van der Waals surface area (Å²) >= 11 is 0. The van der Waals surface area contributed by atoms with Crippen molar-refractivity contribution in [2.75, 3.05) is 20.2 Å². The zero-order chi connectivity index (χ0) is 13.1. The Morgan fingerprint density at radius 2 is 2.00 bits per heavy atom. The van der Waals surface area contributed by atoms with Gasteiger partial charge in [-0.2, -0.15) is 0 Å². The summed E-state index contributed by atoms with van der Waals surface area (Å²) in [5.74, 6) is 1.37. The van der Waals surface area contributed by atoms with Crippen LogP contribution in [0.5, 0.6) is 11.6 Å². The molecule has 4 heteroatoms. The van der Waals surface area contributed by atoms with E-state index >= 15 is 0 Å². The minimum Gasteiger partial charge on any atom is -0.491 e. The van der Waals surface area contributed by atoms with Crippen molar-refractivity contribution in [3.05, 3.63) is 18.3 Å². The molecule has 2 fully saturated rings. The number of rotatable bonds is 4. The lowest BCUT2D eigenvalue weighted by molar-refractivity contribution is 0.0512. The van der Waals surface area contributed by atoms with Crippen LogP contribution in [0.3, 0.4) is 0 Å². The van der Waals surface area contributed by atoms with E-state index in [1.165, 1.54) is 32.4 Å². The quantitative estimate of drug-likeness (QED) is 0.835. The number of aromatic nitrogens is 1. The van der Waals surface area contributed by atoms with Crippen molar-refractivity contribution in [2.45, 2.75) is 44.2 Å². The van der Waals surface area contributed by atoms with Crippen molar-refractivity contribution in [2.24, 2.45) is 0 Å². The van der Waals surface area contributed by atoms with E-state index in [0.717, 1.165) is 24.6 Å². The number of methoxy groups -OCH3 is 1. The average molecular weight is 262 g/mol. The number of nitrogens with zero attached hydrogens (tertiary/aromatic N) is 2. The van der Waals surface area contributed by atoms with Crippen LogP contribution in [0, 0.1) is 0 Å². The van der Waals surface area contributed by atoms with E-state index in [4.69, 9.17) is 9.47 Å². The number of likely N-dealkylation sites (tertiary alicyclic amines) is 1. The molecule has 0 bridgehead atoms. The molecule has 0 spiro atoms. The fraction of sp³-hybridized carbons (Fsp3) is 0.667. The standard InChI is InChI=1S/C15H22N2O2/c1-18-14-4-2-9-16-15(14)19-13-7-5-12(6-8-13)17-10-3-11-17/h2,4,9,12-13H,3,5-8,10-11H2,1H3. The molecule has 2 heterocycles. The molecule has 0 unspecified atom stereocenters. The van der Waals surface area contributed by atoms with E-state index in [1.54, 1.807) is 13.3 Å². The Morgan fingerprint density at radius 3 is 2.63 bits per heavy atom. The summed E-state index contributed by atoms with van der Waals surface area (Å²) in [6.45, 7) is 2.59. The summed E-state index contributed by atoms with van der Waals surface area (Å²) < 4.78 is 11.3. The molecule has 0 aromatic carbocycles. The van der Waals surface area contributed by atoms with Crippen molar-refractivity contribution in [1.29, 1.82) is 0 Å². The van der Waals surface area contributed by atoms with Crippen LogP contribution in [-0.2, 0) is 0 Å². The van der Waals surface area contributed by atoms with Crippen LogP contribution in [0.2, 0.25) is 0 Å². The maximum Gasteiger partial charge on any atom is 0.257 e. The van der Waals surface area contributed by atoms with Crippen LogP contribution in [0.4, 0.5) is 0 Å². The predicted molar refractivity (Wildman–Crippen MR) is 73.7 cm³/mol. The average Bonchev–Trinajstić information content (AvgIpc) is 2.40. The zero-order valence-corrected chi connectivity index (χ0v) is 11.5. The normalized spacial score (nSPS) is 27.6. The number of ether oxygens (including phenoxy) is 2. The summed E-state index contributed by atoms with van der Waals surface area (Å²) in [7, 11) is 1.66. The molecule has 4 nitrogen and oxygen atoms in total. The molecule has 0 atom stereocenters. The van der Waals surface area contributed by atoms with E-state index in [1.807, 2.05) is 12.1 Å². The third kappa shape index (κ3) is 2.84. The van der Waals surface area contributed by atoms with Crippen LogP contribution in [0.1, 0.15) is 32.1 Å². The Morgan fingerprint density at radius 1 is 1.21 bits per heavy atom. The molecule has 1 aromatic heterocycles. The second-order valence-electron chi connectivity index (χ2n) is 5.45. The fourth-order valence-corrected chi connectivity index (χ4v) is 3.01. The van der Waals surface area contributed by atoms with Crippen LogP contribution in [0.25, 0.3) is 0 Å². The van der Waals surface area contributed by atoms with E-state index in [-0.39, 0.29) is 0 Å². The van der Waals surface area contributed by atoms with Crippen LogP contribution >= 0.6 is 0 Å². The first kappa shape index (κ1) is 12.7. The van der Waals surface area contributed by atoms with Gasteiger partial charge in [0, 0.05) is 12.2 Å². The summed E-state index contributed by atoms with van der Waals surface area (Å²) in [6.07, 6.45) is 8.17. The minimum atomic E-state index is 0.293. The highest BCUT2D eigenvalue weighted by Crippen LogP contribution is 2.31. The van der Waals surface area contributed by atoms with Gasteiger partial charge in [0.25, 0.3) is 5.88 Å². The van der Waals surface area contributed by atoms with Gasteiger partial charge in [0.15, 0.2) is 5.75 Å². The summed E-state index contributed by atoms with van der Waals surface area (Å²) in [4.78, 5) is 6.88. The van der Waals surface area contributed by atoms with Crippen molar-refractivity contribution in [1.82, 2.24) is 9.88 Å². The SMILES string of the molecule is COc1cccnc1OC1CCC(N2CCC2)CC1. The Balaban J connectivity index is 1.54. The third-order valence-electron chi connectivity index (χ3n) is 4.29. The molecule has 1 aromatic rings. The Labute approximate surface area is 114 Å². The molecule has 1 aliphatic heterocycles. The van der Waals surface area contributed by atoms with Crippen molar-refractivity contribution < 1.29 is 9.47 Å². The molecule has 0 N–H and O–H groups in total. The molecular weight excluding hydrogens is 240 g/mol. The summed E-state index contributed by atoms with van der Waals surface area (Å²) in [6, 6.07) is 4.56. The smallest absolute Gasteiger partial charge is 0.257 e. The molecule has 0 amide bonds. The van der Waals surface area contributed by atoms with E-state index < -0.39 is 0 Å². The number of pyridine rings is 1. The monoisotopic (exact) mass is 262 g/mol. The van der Waals surface area contributed by atoms with E-state index in [9.17, 15) is 0 Å². The van der Waals surface area contributed by atoms with Crippen LogP contribution in [-0.4, -0.2) is 42.2 Å². The minimum absolute atomic E-state index is 0.293.